The molecular formula is C18H20O6. The Morgan fingerprint density at radius 1 is 1.00 bits per heavy atom. The number of aliphatic hydroxyl groups is 2. The van der Waals surface area contributed by atoms with Crippen LogP contribution < -0.4 is 4.74 Å². The quantitative estimate of drug-likeness (QED) is 0.682. The molecule has 0 radical (unpaired) electrons. The molecule has 1 aliphatic rings. The molecule has 2 aromatic carbocycles. The van der Waals surface area contributed by atoms with Crippen LogP contribution in [-0.2, 0) is 4.74 Å². The molecule has 1 heterocycles. The number of phenolic OH excluding ortho intramolecular Hbond substituents is 2. The van der Waals surface area contributed by atoms with Crippen LogP contribution in [0.3, 0.4) is 0 Å². The number of hydrogen-bond donors (Lipinski definition) is 4. The molecule has 128 valence electrons. The van der Waals surface area contributed by atoms with E-state index in [9.17, 15) is 20.4 Å². The first-order chi connectivity index (χ1) is 11.5. The van der Waals surface area contributed by atoms with Gasteiger partial charge in [-0.2, -0.15) is 0 Å². The van der Waals surface area contributed by atoms with E-state index < -0.39 is 24.2 Å². The van der Waals surface area contributed by atoms with E-state index in [0.717, 1.165) is 0 Å². The Kier molecular flexibility index (Phi) is 4.62. The van der Waals surface area contributed by atoms with Crippen molar-refractivity contribution < 1.29 is 29.9 Å². The maximum atomic E-state index is 10.8. The molecule has 0 aromatic heterocycles. The van der Waals surface area contributed by atoms with Crippen molar-refractivity contribution in [2.75, 3.05) is 13.7 Å². The third-order valence-electron chi connectivity index (χ3n) is 4.35. The molecule has 1 fully saturated rings. The molecule has 2 aromatic rings. The van der Waals surface area contributed by atoms with Crippen molar-refractivity contribution >= 4 is 0 Å². The molecule has 0 bridgehead atoms. The molecule has 1 saturated heterocycles. The Balaban J connectivity index is 1.92. The third-order valence-corrected chi connectivity index (χ3v) is 4.35. The van der Waals surface area contributed by atoms with Crippen molar-refractivity contribution in [1.29, 1.82) is 0 Å². The minimum absolute atomic E-state index is 0.00154. The van der Waals surface area contributed by atoms with Gasteiger partial charge in [-0.3, -0.25) is 0 Å². The predicted octanol–water partition coefficient (Wildman–Crippen LogP) is 1.68. The zero-order valence-corrected chi connectivity index (χ0v) is 13.2. The van der Waals surface area contributed by atoms with Crippen LogP contribution in [0.15, 0.2) is 42.5 Å². The van der Waals surface area contributed by atoms with Gasteiger partial charge >= 0.3 is 0 Å². The zero-order chi connectivity index (χ0) is 17.3. The van der Waals surface area contributed by atoms with E-state index in [1.807, 2.05) is 0 Å². The first kappa shape index (κ1) is 16.6. The summed E-state index contributed by atoms with van der Waals surface area (Å²) in [5, 5.41) is 40.1. The van der Waals surface area contributed by atoms with Gasteiger partial charge in [0.1, 0.15) is 11.9 Å². The monoisotopic (exact) mass is 332 g/mol. The van der Waals surface area contributed by atoms with E-state index in [4.69, 9.17) is 9.47 Å². The van der Waals surface area contributed by atoms with Crippen LogP contribution in [0.4, 0.5) is 0 Å². The van der Waals surface area contributed by atoms with Gasteiger partial charge in [-0.15, -0.1) is 0 Å². The second-order valence-corrected chi connectivity index (χ2v) is 5.86. The van der Waals surface area contributed by atoms with E-state index in [2.05, 4.69) is 0 Å². The van der Waals surface area contributed by atoms with Crippen LogP contribution in [-0.4, -0.2) is 46.4 Å². The summed E-state index contributed by atoms with van der Waals surface area (Å²) in [6, 6.07) is 11.1. The Morgan fingerprint density at radius 3 is 2.33 bits per heavy atom. The van der Waals surface area contributed by atoms with Gasteiger partial charge in [0.25, 0.3) is 0 Å². The second-order valence-electron chi connectivity index (χ2n) is 5.86. The molecule has 3 rings (SSSR count). The largest absolute Gasteiger partial charge is 0.508 e. The van der Waals surface area contributed by atoms with Crippen molar-refractivity contribution in [2.45, 2.75) is 24.2 Å². The molecule has 0 saturated carbocycles. The van der Waals surface area contributed by atoms with Crippen molar-refractivity contribution in [1.82, 2.24) is 0 Å². The van der Waals surface area contributed by atoms with Gasteiger partial charge in [0, 0.05) is 5.92 Å². The smallest absolute Gasteiger partial charge is 0.160 e. The predicted molar refractivity (Wildman–Crippen MR) is 86.2 cm³/mol. The molecule has 0 aliphatic carbocycles. The van der Waals surface area contributed by atoms with Crippen molar-refractivity contribution in [3.63, 3.8) is 0 Å². The van der Waals surface area contributed by atoms with Gasteiger partial charge in [0.05, 0.1) is 25.9 Å². The number of aliphatic hydroxyl groups excluding tert-OH is 2. The van der Waals surface area contributed by atoms with E-state index in [0.29, 0.717) is 11.1 Å². The first-order valence-electron chi connectivity index (χ1n) is 7.65. The van der Waals surface area contributed by atoms with Gasteiger partial charge in [0.15, 0.2) is 11.5 Å². The number of aromatic hydroxyl groups is 2. The number of phenols is 2. The lowest BCUT2D eigenvalue weighted by molar-refractivity contribution is -0.139. The topological polar surface area (TPSA) is 99.4 Å². The van der Waals surface area contributed by atoms with Crippen LogP contribution in [0.2, 0.25) is 0 Å². The molecule has 6 heteroatoms. The lowest BCUT2D eigenvalue weighted by atomic mass is 9.82. The fourth-order valence-electron chi connectivity index (χ4n) is 3.10. The molecule has 0 spiro atoms. The van der Waals surface area contributed by atoms with Crippen molar-refractivity contribution in [3.05, 3.63) is 53.6 Å². The molecule has 1 aliphatic heterocycles. The summed E-state index contributed by atoms with van der Waals surface area (Å²) in [6.45, 7) is 0.0659. The van der Waals surface area contributed by atoms with Crippen molar-refractivity contribution in [3.8, 4) is 17.2 Å². The third kappa shape index (κ3) is 3.03. The molecular weight excluding hydrogens is 312 g/mol. The lowest BCUT2D eigenvalue weighted by Gasteiger charge is -2.38. The molecule has 6 nitrogen and oxygen atoms in total. The summed E-state index contributed by atoms with van der Waals surface area (Å²) in [5.41, 5.74) is 1.36. The van der Waals surface area contributed by atoms with E-state index in [1.54, 1.807) is 24.3 Å². The summed E-state index contributed by atoms with van der Waals surface area (Å²) in [7, 11) is 1.44. The highest BCUT2D eigenvalue weighted by molar-refractivity contribution is 5.43. The molecule has 24 heavy (non-hydrogen) atoms. The highest BCUT2D eigenvalue weighted by atomic mass is 16.5. The minimum atomic E-state index is -0.993. The Bertz CT molecular complexity index is 699. The van der Waals surface area contributed by atoms with Gasteiger partial charge in [-0.25, -0.2) is 0 Å². The summed E-state index contributed by atoms with van der Waals surface area (Å²) in [5.74, 6) is -0.143. The van der Waals surface area contributed by atoms with E-state index in [1.165, 1.54) is 25.3 Å². The maximum absolute atomic E-state index is 10.8. The van der Waals surface area contributed by atoms with E-state index >= 15 is 0 Å². The van der Waals surface area contributed by atoms with Crippen LogP contribution in [0.5, 0.6) is 17.2 Å². The Labute approximate surface area is 139 Å². The average Bonchev–Trinajstić information content (AvgIpc) is 2.57. The number of benzene rings is 2. The number of rotatable bonds is 3. The Hall–Kier alpha value is -2.28. The van der Waals surface area contributed by atoms with Crippen LogP contribution in [0.1, 0.15) is 23.1 Å². The highest BCUT2D eigenvalue weighted by Gasteiger charge is 2.40. The molecule has 4 atom stereocenters. The molecule has 4 unspecified atom stereocenters. The SMILES string of the molecule is COc1cc(C2OCC(O)C(c3ccc(O)cc3)C2O)ccc1O. The lowest BCUT2D eigenvalue weighted by Crippen LogP contribution is -2.43. The summed E-state index contributed by atoms with van der Waals surface area (Å²) >= 11 is 0. The minimum Gasteiger partial charge on any atom is -0.508 e. The fraction of sp³-hybridized carbons (Fsp3) is 0.333. The number of methoxy groups -OCH3 is 1. The standard InChI is InChI=1S/C18H20O6/c1-23-15-8-11(4-7-13(15)20)18-17(22)16(14(21)9-24-18)10-2-5-12(19)6-3-10/h2-8,14,16-22H,9H2,1H3. The van der Waals surface area contributed by atoms with Crippen LogP contribution in [0, 0.1) is 0 Å². The van der Waals surface area contributed by atoms with Gasteiger partial charge in [0.2, 0.25) is 0 Å². The van der Waals surface area contributed by atoms with E-state index in [-0.39, 0.29) is 23.9 Å². The molecule has 0 amide bonds. The number of ether oxygens (including phenoxy) is 2. The second kappa shape index (κ2) is 6.68. The summed E-state index contributed by atoms with van der Waals surface area (Å²) in [6.07, 6.45) is -2.52. The van der Waals surface area contributed by atoms with Gasteiger partial charge in [-0.1, -0.05) is 18.2 Å². The van der Waals surface area contributed by atoms with Crippen LogP contribution >= 0.6 is 0 Å². The summed E-state index contributed by atoms with van der Waals surface area (Å²) < 4.78 is 10.7. The van der Waals surface area contributed by atoms with Gasteiger partial charge in [-0.05, 0) is 35.4 Å². The maximum Gasteiger partial charge on any atom is 0.160 e. The fourth-order valence-corrected chi connectivity index (χ4v) is 3.10. The molecule has 4 N–H and O–H groups in total. The zero-order valence-electron chi connectivity index (χ0n) is 13.2. The van der Waals surface area contributed by atoms with Gasteiger partial charge < -0.3 is 29.9 Å². The highest BCUT2D eigenvalue weighted by Crippen LogP contribution is 2.40. The average molecular weight is 332 g/mol. The van der Waals surface area contributed by atoms with Crippen molar-refractivity contribution in [2.24, 2.45) is 0 Å². The normalized spacial score (nSPS) is 27.0. The summed E-state index contributed by atoms with van der Waals surface area (Å²) in [4.78, 5) is 0. The van der Waals surface area contributed by atoms with Crippen LogP contribution in [0.25, 0.3) is 0 Å². The Morgan fingerprint density at radius 2 is 1.67 bits per heavy atom. The first-order valence-corrected chi connectivity index (χ1v) is 7.65. The number of hydrogen-bond acceptors (Lipinski definition) is 6.